The summed E-state index contributed by atoms with van der Waals surface area (Å²) < 4.78 is 5.00. The Balaban J connectivity index is 2.30. The van der Waals surface area contributed by atoms with Crippen LogP contribution in [0.2, 0.25) is 0 Å². The summed E-state index contributed by atoms with van der Waals surface area (Å²) in [6.45, 7) is 6.87. The normalized spacial score (nSPS) is 10.9. The molecule has 21 heavy (non-hydrogen) atoms. The number of hydrogen-bond acceptors (Lipinski definition) is 4. The van der Waals surface area contributed by atoms with Gasteiger partial charge in [0.15, 0.2) is 0 Å². The molecule has 116 valence electrons. The summed E-state index contributed by atoms with van der Waals surface area (Å²) in [4.78, 5) is 34.8. The minimum atomic E-state index is -0.437. The molecule has 1 rings (SSSR count). The fourth-order valence-electron chi connectivity index (χ4n) is 1.58. The van der Waals surface area contributed by atoms with Crippen LogP contribution in [0, 0.1) is 6.92 Å². The third kappa shape index (κ3) is 6.11. The van der Waals surface area contributed by atoms with Crippen molar-refractivity contribution in [1.29, 1.82) is 0 Å². The summed E-state index contributed by atoms with van der Waals surface area (Å²) in [5.74, 6) is -0.630. The van der Waals surface area contributed by atoms with Crippen LogP contribution >= 0.6 is 0 Å². The number of carbonyl (C=O) groups excluding carboxylic acids is 3. The SMILES string of the molecule is Cc1occc1C(=O)NCC(=O)NCC(=O)NC(C)(C)C. The highest BCUT2D eigenvalue weighted by Gasteiger charge is 2.15. The smallest absolute Gasteiger partial charge is 0.255 e. The molecule has 1 aromatic rings. The first-order valence-electron chi connectivity index (χ1n) is 6.59. The molecule has 1 aromatic heterocycles. The molecular formula is C14H21N3O4. The molecule has 7 heteroatoms. The van der Waals surface area contributed by atoms with Gasteiger partial charge in [0, 0.05) is 5.54 Å². The lowest BCUT2D eigenvalue weighted by Crippen LogP contribution is -2.47. The Hall–Kier alpha value is -2.31. The first-order valence-corrected chi connectivity index (χ1v) is 6.59. The van der Waals surface area contributed by atoms with E-state index in [1.165, 1.54) is 12.3 Å². The molecule has 0 aliphatic heterocycles. The zero-order valence-corrected chi connectivity index (χ0v) is 12.7. The zero-order chi connectivity index (χ0) is 16.0. The quantitative estimate of drug-likeness (QED) is 0.729. The number of amides is 3. The van der Waals surface area contributed by atoms with E-state index >= 15 is 0 Å². The van der Waals surface area contributed by atoms with Gasteiger partial charge in [0.1, 0.15) is 5.76 Å². The van der Waals surface area contributed by atoms with Crippen molar-refractivity contribution in [2.24, 2.45) is 0 Å². The van der Waals surface area contributed by atoms with Crippen molar-refractivity contribution in [2.45, 2.75) is 33.2 Å². The van der Waals surface area contributed by atoms with Crippen molar-refractivity contribution in [3.8, 4) is 0 Å². The van der Waals surface area contributed by atoms with E-state index in [1.807, 2.05) is 20.8 Å². The average molecular weight is 295 g/mol. The summed E-state index contributed by atoms with van der Waals surface area (Å²) in [5, 5.41) is 7.60. The van der Waals surface area contributed by atoms with Gasteiger partial charge in [-0.2, -0.15) is 0 Å². The molecule has 0 spiro atoms. The minimum absolute atomic E-state index is 0.128. The number of hydrogen-bond donors (Lipinski definition) is 3. The van der Waals surface area contributed by atoms with E-state index in [0.717, 1.165) is 0 Å². The van der Waals surface area contributed by atoms with Crippen LogP contribution in [0.15, 0.2) is 16.7 Å². The maximum Gasteiger partial charge on any atom is 0.255 e. The van der Waals surface area contributed by atoms with Gasteiger partial charge in [0.05, 0.1) is 24.9 Å². The number of nitrogens with one attached hydrogen (secondary N) is 3. The summed E-state index contributed by atoms with van der Waals surface area (Å²) >= 11 is 0. The maximum atomic E-state index is 11.7. The molecule has 3 N–H and O–H groups in total. The van der Waals surface area contributed by atoms with E-state index in [-0.39, 0.29) is 24.5 Å². The Morgan fingerprint density at radius 1 is 1.10 bits per heavy atom. The summed E-state index contributed by atoms with van der Waals surface area (Å²) in [6.07, 6.45) is 1.40. The Morgan fingerprint density at radius 3 is 2.24 bits per heavy atom. The second-order valence-electron chi connectivity index (χ2n) is 5.65. The second kappa shape index (κ2) is 6.92. The van der Waals surface area contributed by atoms with Crippen LogP contribution in [0.3, 0.4) is 0 Å². The molecule has 0 saturated carbocycles. The number of rotatable bonds is 5. The van der Waals surface area contributed by atoms with Crippen molar-refractivity contribution in [1.82, 2.24) is 16.0 Å². The van der Waals surface area contributed by atoms with Crippen LogP contribution < -0.4 is 16.0 Å². The summed E-state index contributed by atoms with van der Waals surface area (Å²) in [6, 6.07) is 1.53. The Bertz CT molecular complexity index is 529. The van der Waals surface area contributed by atoms with Crippen LogP contribution in [0.5, 0.6) is 0 Å². The third-order valence-corrected chi connectivity index (χ3v) is 2.47. The van der Waals surface area contributed by atoms with E-state index in [0.29, 0.717) is 11.3 Å². The lowest BCUT2D eigenvalue weighted by Gasteiger charge is -2.20. The first-order chi connectivity index (χ1) is 9.69. The van der Waals surface area contributed by atoms with Gasteiger partial charge >= 0.3 is 0 Å². The van der Waals surface area contributed by atoms with E-state index in [1.54, 1.807) is 6.92 Å². The van der Waals surface area contributed by atoms with Gasteiger partial charge in [-0.25, -0.2) is 0 Å². The van der Waals surface area contributed by atoms with Gasteiger partial charge in [0.2, 0.25) is 11.8 Å². The Labute approximate surface area is 123 Å². The van der Waals surface area contributed by atoms with Gasteiger partial charge in [0.25, 0.3) is 5.91 Å². The van der Waals surface area contributed by atoms with E-state index in [2.05, 4.69) is 16.0 Å². The van der Waals surface area contributed by atoms with Crippen molar-refractivity contribution in [3.63, 3.8) is 0 Å². The van der Waals surface area contributed by atoms with Crippen LogP contribution in [0.4, 0.5) is 0 Å². The second-order valence-corrected chi connectivity index (χ2v) is 5.65. The highest BCUT2D eigenvalue weighted by Crippen LogP contribution is 2.07. The molecule has 0 aliphatic rings. The van der Waals surface area contributed by atoms with Gasteiger partial charge in [-0.1, -0.05) is 0 Å². The topological polar surface area (TPSA) is 100 Å². The maximum absolute atomic E-state index is 11.7. The molecule has 0 saturated heterocycles. The third-order valence-electron chi connectivity index (χ3n) is 2.47. The predicted molar refractivity (Wildman–Crippen MR) is 76.7 cm³/mol. The molecule has 7 nitrogen and oxygen atoms in total. The summed E-state index contributed by atoms with van der Waals surface area (Å²) in [7, 11) is 0. The van der Waals surface area contributed by atoms with E-state index < -0.39 is 11.8 Å². The molecule has 0 unspecified atom stereocenters. The van der Waals surface area contributed by atoms with E-state index in [9.17, 15) is 14.4 Å². The largest absolute Gasteiger partial charge is 0.469 e. The molecule has 0 aromatic carbocycles. The van der Waals surface area contributed by atoms with E-state index in [4.69, 9.17) is 4.42 Å². The Morgan fingerprint density at radius 2 is 1.71 bits per heavy atom. The van der Waals surface area contributed by atoms with Gasteiger partial charge in [-0.3, -0.25) is 14.4 Å². The van der Waals surface area contributed by atoms with Crippen molar-refractivity contribution in [2.75, 3.05) is 13.1 Å². The highest BCUT2D eigenvalue weighted by molar-refractivity contribution is 5.97. The molecule has 0 atom stereocenters. The lowest BCUT2D eigenvalue weighted by molar-refractivity contribution is -0.126. The minimum Gasteiger partial charge on any atom is -0.469 e. The van der Waals surface area contributed by atoms with Crippen molar-refractivity contribution >= 4 is 17.7 Å². The molecule has 0 bridgehead atoms. The van der Waals surface area contributed by atoms with Crippen LogP contribution in [0.1, 0.15) is 36.9 Å². The number of furan rings is 1. The van der Waals surface area contributed by atoms with Gasteiger partial charge in [-0.15, -0.1) is 0 Å². The fraction of sp³-hybridized carbons (Fsp3) is 0.500. The molecule has 1 heterocycles. The number of carbonyl (C=O) groups is 3. The van der Waals surface area contributed by atoms with Crippen molar-refractivity contribution in [3.05, 3.63) is 23.7 Å². The monoisotopic (exact) mass is 295 g/mol. The fourth-order valence-corrected chi connectivity index (χ4v) is 1.58. The van der Waals surface area contributed by atoms with Crippen LogP contribution in [-0.4, -0.2) is 36.3 Å². The van der Waals surface area contributed by atoms with Crippen LogP contribution in [0.25, 0.3) is 0 Å². The molecular weight excluding hydrogens is 274 g/mol. The molecule has 0 fully saturated rings. The van der Waals surface area contributed by atoms with Crippen LogP contribution in [-0.2, 0) is 9.59 Å². The lowest BCUT2D eigenvalue weighted by atomic mass is 10.1. The summed E-state index contributed by atoms with van der Waals surface area (Å²) in [5.41, 5.74) is 0.0303. The predicted octanol–water partition coefficient (Wildman–Crippen LogP) is 0.349. The van der Waals surface area contributed by atoms with Gasteiger partial charge < -0.3 is 20.4 Å². The first kappa shape index (κ1) is 16.7. The molecule has 0 radical (unpaired) electrons. The average Bonchev–Trinajstić information content (AvgIpc) is 2.77. The van der Waals surface area contributed by atoms with Crippen molar-refractivity contribution < 1.29 is 18.8 Å². The zero-order valence-electron chi connectivity index (χ0n) is 12.7. The number of aryl methyl sites for hydroxylation is 1. The van der Waals surface area contributed by atoms with Gasteiger partial charge in [-0.05, 0) is 33.8 Å². The standard InChI is InChI=1S/C14H21N3O4/c1-9-10(5-6-21-9)13(20)16-7-11(18)15-8-12(19)17-14(2,3)4/h5-6H,7-8H2,1-4H3,(H,15,18)(H,16,20)(H,17,19). The highest BCUT2D eigenvalue weighted by atomic mass is 16.3. The Kier molecular flexibility index (Phi) is 5.52. The molecule has 0 aliphatic carbocycles. The molecule has 3 amide bonds.